The second kappa shape index (κ2) is 6.87. The van der Waals surface area contributed by atoms with Crippen LogP contribution in [0.15, 0.2) is 24.3 Å². The highest BCUT2D eigenvalue weighted by Gasteiger charge is 2.30. The number of nitrogens with zero attached hydrogens (tertiary/aromatic N) is 2. The number of rotatable bonds is 4. The van der Waals surface area contributed by atoms with Crippen molar-refractivity contribution in [2.24, 2.45) is 5.73 Å². The van der Waals surface area contributed by atoms with Crippen LogP contribution in [0, 0.1) is 0 Å². The van der Waals surface area contributed by atoms with Crippen molar-refractivity contribution in [3.05, 3.63) is 35.4 Å². The third kappa shape index (κ3) is 4.03. The van der Waals surface area contributed by atoms with E-state index in [0.717, 1.165) is 30.6 Å². The van der Waals surface area contributed by atoms with Gasteiger partial charge in [-0.15, -0.1) is 0 Å². The largest absolute Gasteiger partial charge is 0.326 e. The van der Waals surface area contributed by atoms with Gasteiger partial charge in [0.15, 0.2) is 0 Å². The Labute approximate surface area is 127 Å². The molecular formula is C15H25N3O2S. The molecule has 0 radical (unpaired) electrons. The van der Waals surface area contributed by atoms with Gasteiger partial charge in [0, 0.05) is 25.7 Å². The molecule has 0 spiro atoms. The Kier molecular flexibility index (Phi) is 5.37. The van der Waals surface area contributed by atoms with Crippen molar-refractivity contribution in [2.75, 3.05) is 26.7 Å². The maximum atomic E-state index is 12.8. The normalized spacial score (nSPS) is 22.1. The topological polar surface area (TPSA) is 66.6 Å². The smallest absolute Gasteiger partial charge is 0.218 e. The van der Waals surface area contributed by atoms with Gasteiger partial charge in [0.1, 0.15) is 0 Å². The minimum atomic E-state index is -3.31. The van der Waals surface area contributed by atoms with Crippen LogP contribution in [0.2, 0.25) is 0 Å². The summed E-state index contributed by atoms with van der Waals surface area (Å²) in [5, 5.41) is 0. The summed E-state index contributed by atoms with van der Waals surface area (Å²) < 4.78 is 27.2. The first-order chi connectivity index (χ1) is 9.94. The molecule has 1 saturated heterocycles. The maximum Gasteiger partial charge on any atom is 0.218 e. The molecule has 1 heterocycles. The van der Waals surface area contributed by atoms with Crippen LogP contribution in [0.25, 0.3) is 0 Å². The molecule has 6 heteroatoms. The highest BCUT2D eigenvalue weighted by atomic mass is 32.2. The molecule has 1 aromatic rings. The molecule has 0 saturated carbocycles. The van der Waals surface area contributed by atoms with Gasteiger partial charge < -0.3 is 10.6 Å². The molecule has 1 unspecified atom stereocenters. The van der Waals surface area contributed by atoms with E-state index in [1.54, 1.807) is 4.31 Å². The SMILES string of the molecule is CC1CN(C)CCCN1S(=O)(=O)Cc1ccccc1CN. The average Bonchev–Trinajstić information content (AvgIpc) is 2.60. The number of hydrogen-bond donors (Lipinski definition) is 1. The first-order valence-corrected chi connectivity index (χ1v) is 9.00. The summed E-state index contributed by atoms with van der Waals surface area (Å²) in [6.45, 7) is 4.66. The van der Waals surface area contributed by atoms with Crippen molar-refractivity contribution in [3.63, 3.8) is 0 Å². The highest BCUT2D eigenvalue weighted by Crippen LogP contribution is 2.19. The summed E-state index contributed by atoms with van der Waals surface area (Å²) in [5.41, 5.74) is 7.42. The molecule has 1 aromatic carbocycles. The summed E-state index contributed by atoms with van der Waals surface area (Å²) in [6.07, 6.45) is 0.874. The van der Waals surface area contributed by atoms with E-state index in [2.05, 4.69) is 4.90 Å². The van der Waals surface area contributed by atoms with E-state index >= 15 is 0 Å². The van der Waals surface area contributed by atoms with E-state index in [-0.39, 0.29) is 11.8 Å². The monoisotopic (exact) mass is 311 g/mol. The summed E-state index contributed by atoms with van der Waals surface area (Å²) >= 11 is 0. The second-order valence-electron chi connectivity index (χ2n) is 5.80. The van der Waals surface area contributed by atoms with Gasteiger partial charge in [0.05, 0.1) is 5.75 Å². The minimum Gasteiger partial charge on any atom is -0.326 e. The van der Waals surface area contributed by atoms with Crippen molar-refractivity contribution < 1.29 is 8.42 Å². The summed E-state index contributed by atoms with van der Waals surface area (Å²) in [6, 6.07) is 7.51. The van der Waals surface area contributed by atoms with Crippen molar-refractivity contribution in [3.8, 4) is 0 Å². The minimum absolute atomic E-state index is 0.00698. The van der Waals surface area contributed by atoms with Crippen molar-refractivity contribution >= 4 is 10.0 Å². The van der Waals surface area contributed by atoms with E-state index in [9.17, 15) is 8.42 Å². The molecule has 5 nitrogen and oxygen atoms in total. The second-order valence-corrected chi connectivity index (χ2v) is 7.73. The van der Waals surface area contributed by atoms with E-state index < -0.39 is 10.0 Å². The Morgan fingerprint density at radius 2 is 1.90 bits per heavy atom. The Bertz CT molecular complexity index is 574. The summed E-state index contributed by atoms with van der Waals surface area (Å²) in [4.78, 5) is 2.19. The first kappa shape index (κ1) is 16.4. The molecule has 0 aromatic heterocycles. The zero-order valence-corrected chi connectivity index (χ0v) is 13.6. The Hall–Kier alpha value is -0.950. The zero-order chi connectivity index (χ0) is 15.5. The lowest BCUT2D eigenvalue weighted by molar-refractivity contribution is 0.290. The molecule has 1 fully saturated rings. The molecule has 1 atom stereocenters. The van der Waals surface area contributed by atoms with E-state index in [1.165, 1.54) is 0 Å². The van der Waals surface area contributed by atoms with Gasteiger partial charge in [0.25, 0.3) is 0 Å². The predicted molar refractivity (Wildman–Crippen MR) is 85.2 cm³/mol. The summed E-state index contributed by atoms with van der Waals surface area (Å²) in [5.74, 6) is 0.0361. The third-order valence-corrected chi connectivity index (χ3v) is 5.95. The van der Waals surface area contributed by atoms with Gasteiger partial charge in [0.2, 0.25) is 10.0 Å². The van der Waals surface area contributed by atoms with Crippen LogP contribution in [-0.2, 0) is 22.3 Å². The molecule has 0 bridgehead atoms. The van der Waals surface area contributed by atoms with Crippen LogP contribution in [0.4, 0.5) is 0 Å². The Morgan fingerprint density at radius 1 is 1.24 bits per heavy atom. The van der Waals surface area contributed by atoms with Gasteiger partial charge in [-0.3, -0.25) is 0 Å². The van der Waals surface area contributed by atoms with E-state index in [1.807, 2.05) is 38.2 Å². The maximum absolute atomic E-state index is 12.8. The van der Waals surface area contributed by atoms with Crippen LogP contribution < -0.4 is 5.73 Å². The van der Waals surface area contributed by atoms with Crippen LogP contribution >= 0.6 is 0 Å². The number of benzene rings is 1. The standard InChI is InChI=1S/C15H25N3O2S/c1-13-11-17(2)8-5-9-18(13)21(19,20)12-15-7-4-3-6-14(15)10-16/h3-4,6-7,13H,5,8-12,16H2,1-2H3. The first-order valence-electron chi connectivity index (χ1n) is 7.39. The lowest BCUT2D eigenvalue weighted by atomic mass is 10.1. The zero-order valence-electron chi connectivity index (χ0n) is 12.8. The predicted octanol–water partition coefficient (Wildman–Crippen LogP) is 1.00. The Morgan fingerprint density at radius 3 is 2.57 bits per heavy atom. The fourth-order valence-corrected chi connectivity index (χ4v) is 4.80. The van der Waals surface area contributed by atoms with Crippen LogP contribution in [0.3, 0.4) is 0 Å². The van der Waals surface area contributed by atoms with Gasteiger partial charge >= 0.3 is 0 Å². The van der Waals surface area contributed by atoms with Crippen molar-refractivity contribution in [2.45, 2.75) is 31.7 Å². The molecular weight excluding hydrogens is 286 g/mol. The van der Waals surface area contributed by atoms with Crippen LogP contribution in [-0.4, -0.2) is 50.3 Å². The molecule has 2 rings (SSSR count). The van der Waals surface area contributed by atoms with Gasteiger partial charge in [-0.25, -0.2) is 8.42 Å². The molecule has 21 heavy (non-hydrogen) atoms. The summed E-state index contributed by atoms with van der Waals surface area (Å²) in [7, 11) is -1.28. The van der Waals surface area contributed by atoms with Gasteiger partial charge in [-0.1, -0.05) is 24.3 Å². The highest BCUT2D eigenvalue weighted by molar-refractivity contribution is 7.88. The molecule has 1 aliphatic heterocycles. The molecule has 118 valence electrons. The fourth-order valence-electron chi connectivity index (χ4n) is 2.94. The number of nitrogens with two attached hydrogens (primary N) is 1. The van der Waals surface area contributed by atoms with Gasteiger partial charge in [-0.2, -0.15) is 4.31 Å². The number of sulfonamides is 1. The van der Waals surface area contributed by atoms with Crippen LogP contribution in [0.5, 0.6) is 0 Å². The fraction of sp³-hybridized carbons (Fsp3) is 0.600. The van der Waals surface area contributed by atoms with E-state index in [4.69, 9.17) is 5.73 Å². The third-order valence-electron chi connectivity index (χ3n) is 4.02. The van der Waals surface area contributed by atoms with Crippen LogP contribution in [0.1, 0.15) is 24.5 Å². The van der Waals surface area contributed by atoms with Crippen molar-refractivity contribution in [1.82, 2.24) is 9.21 Å². The molecule has 1 aliphatic rings. The molecule has 2 N–H and O–H groups in total. The van der Waals surface area contributed by atoms with E-state index in [0.29, 0.717) is 13.1 Å². The lowest BCUT2D eigenvalue weighted by Gasteiger charge is -2.27. The Balaban J connectivity index is 2.21. The lowest BCUT2D eigenvalue weighted by Crippen LogP contribution is -2.42. The molecule has 0 amide bonds. The van der Waals surface area contributed by atoms with Gasteiger partial charge in [-0.05, 0) is 38.1 Å². The van der Waals surface area contributed by atoms with Crippen molar-refractivity contribution in [1.29, 1.82) is 0 Å². The quantitative estimate of drug-likeness (QED) is 0.901. The number of likely N-dealkylation sites (N-methyl/N-ethyl adjacent to an activating group) is 1. The molecule has 0 aliphatic carbocycles. The number of hydrogen-bond acceptors (Lipinski definition) is 4. The average molecular weight is 311 g/mol.